The SMILES string of the molecule is CCN(C)C(=O)[C@H]1CCc2c(sc3ncnc(Nc4ccc5[nH]ncc5c4)c23)C1. The van der Waals surface area contributed by atoms with E-state index in [4.69, 9.17) is 0 Å². The van der Waals surface area contributed by atoms with Crippen molar-refractivity contribution in [3.63, 3.8) is 0 Å². The minimum Gasteiger partial charge on any atom is -0.346 e. The summed E-state index contributed by atoms with van der Waals surface area (Å²) in [5.41, 5.74) is 3.26. The van der Waals surface area contributed by atoms with Crippen LogP contribution in [-0.4, -0.2) is 44.6 Å². The van der Waals surface area contributed by atoms with Gasteiger partial charge in [0.25, 0.3) is 0 Å². The summed E-state index contributed by atoms with van der Waals surface area (Å²) >= 11 is 1.69. The van der Waals surface area contributed by atoms with E-state index in [9.17, 15) is 4.79 Å². The van der Waals surface area contributed by atoms with Gasteiger partial charge in [0.05, 0.1) is 17.1 Å². The van der Waals surface area contributed by atoms with E-state index in [-0.39, 0.29) is 11.8 Å². The molecule has 4 aromatic rings. The number of carbonyl (C=O) groups excluding carboxylic acids is 1. The number of thiophene rings is 1. The number of hydrogen-bond donors (Lipinski definition) is 2. The van der Waals surface area contributed by atoms with E-state index in [2.05, 4.69) is 31.5 Å². The van der Waals surface area contributed by atoms with Gasteiger partial charge in [-0.25, -0.2) is 9.97 Å². The molecule has 1 aliphatic rings. The molecule has 1 amide bonds. The van der Waals surface area contributed by atoms with Crippen LogP contribution in [0.5, 0.6) is 0 Å². The van der Waals surface area contributed by atoms with Gasteiger partial charge in [-0.2, -0.15) is 5.10 Å². The summed E-state index contributed by atoms with van der Waals surface area (Å²) in [5.74, 6) is 1.13. The number of nitrogens with one attached hydrogen (secondary N) is 2. The number of nitrogens with zero attached hydrogens (tertiary/aromatic N) is 4. The monoisotopic (exact) mass is 406 g/mol. The van der Waals surface area contributed by atoms with Gasteiger partial charge in [-0.15, -0.1) is 11.3 Å². The Morgan fingerprint density at radius 3 is 3.14 bits per heavy atom. The number of rotatable bonds is 4. The molecule has 1 atom stereocenters. The molecule has 1 aliphatic carbocycles. The molecule has 0 aliphatic heterocycles. The maximum Gasteiger partial charge on any atom is 0.225 e. The molecule has 2 N–H and O–H groups in total. The highest BCUT2D eigenvalue weighted by atomic mass is 32.1. The van der Waals surface area contributed by atoms with Crippen LogP contribution in [0.15, 0.2) is 30.7 Å². The Labute approximate surface area is 172 Å². The predicted molar refractivity (Wildman–Crippen MR) is 116 cm³/mol. The first kappa shape index (κ1) is 18.1. The van der Waals surface area contributed by atoms with Crippen molar-refractivity contribution in [3.05, 3.63) is 41.2 Å². The Balaban J connectivity index is 1.49. The van der Waals surface area contributed by atoms with E-state index >= 15 is 0 Å². The molecule has 5 rings (SSSR count). The van der Waals surface area contributed by atoms with Crippen molar-refractivity contribution in [1.82, 2.24) is 25.1 Å². The van der Waals surface area contributed by atoms with Crippen molar-refractivity contribution in [2.24, 2.45) is 5.92 Å². The third kappa shape index (κ3) is 3.13. The quantitative estimate of drug-likeness (QED) is 0.537. The second-order valence-electron chi connectivity index (χ2n) is 7.50. The minimum absolute atomic E-state index is 0.0633. The third-order valence-electron chi connectivity index (χ3n) is 5.75. The standard InChI is InChI=1S/C21H22N6OS/c1-3-27(2)21(28)12-4-6-15-17(9-12)29-20-18(15)19(22-11-23-20)25-14-5-7-16-13(8-14)10-24-26-16/h5,7-8,10-12H,3-4,6,9H2,1-2H3,(H,24,26)(H,22,23,25)/t12-/m0/s1. The van der Waals surface area contributed by atoms with Crippen molar-refractivity contribution in [2.75, 3.05) is 18.9 Å². The molecule has 29 heavy (non-hydrogen) atoms. The maximum absolute atomic E-state index is 12.6. The summed E-state index contributed by atoms with van der Waals surface area (Å²) in [7, 11) is 1.88. The van der Waals surface area contributed by atoms with E-state index in [0.717, 1.165) is 58.4 Å². The van der Waals surface area contributed by atoms with Gasteiger partial charge in [0, 0.05) is 35.5 Å². The van der Waals surface area contributed by atoms with Crippen LogP contribution in [0, 0.1) is 5.92 Å². The Bertz CT molecular complexity index is 1210. The highest BCUT2D eigenvalue weighted by Crippen LogP contribution is 2.40. The average molecular weight is 407 g/mol. The highest BCUT2D eigenvalue weighted by molar-refractivity contribution is 7.19. The minimum atomic E-state index is 0.0633. The zero-order valence-electron chi connectivity index (χ0n) is 16.4. The number of fused-ring (bicyclic) bond motifs is 4. The molecule has 0 radical (unpaired) electrons. The molecule has 0 unspecified atom stereocenters. The zero-order valence-corrected chi connectivity index (χ0v) is 17.2. The summed E-state index contributed by atoms with van der Waals surface area (Å²) in [6.45, 7) is 2.76. The van der Waals surface area contributed by atoms with Gasteiger partial charge < -0.3 is 10.2 Å². The van der Waals surface area contributed by atoms with Gasteiger partial charge in [0.1, 0.15) is 17.0 Å². The lowest BCUT2D eigenvalue weighted by Crippen LogP contribution is -2.35. The van der Waals surface area contributed by atoms with Crippen LogP contribution in [0.4, 0.5) is 11.5 Å². The Morgan fingerprint density at radius 2 is 2.28 bits per heavy atom. The number of amides is 1. The van der Waals surface area contributed by atoms with E-state index in [0.29, 0.717) is 0 Å². The van der Waals surface area contributed by atoms with Gasteiger partial charge in [0.15, 0.2) is 0 Å². The molecular weight excluding hydrogens is 384 g/mol. The first-order valence-corrected chi connectivity index (χ1v) is 10.7. The largest absolute Gasteiger partial charge is 0.346 e. The highest BCUT2D eigenvalue weighted by Gasteiger charge is 2.30. The molecule has 0 bridgehead atoms. The average Bonchev–Trinajstić information content (AvgIpc) is 3.36. The topological polar surface area (TPSA) is 86.8 Å². The summed E-state index contributed by atoms with van der Waals surface area (Å²) in [4.78, 5) is 25.7. The van der Waals surface area contributed by atoms with Crippen molar-refractivity contribution >= 4 is 49.9 Å². The van der Waals surface area contributed by atoms with Crippen molar-refractivity contribution < 1.29 is 4.79 Å². The van der Waals surface area contributed by atoms with Gasteiger partial charge in [-0.05, 0) is 49.9 Å². The Hall–Kier alpha value is -3.00. The van der Waals surface area contributed by atoms with Crippen LogP contribution in [0.3, 0.4) is 0 Å². The van der Waals surface area contributed by atoms with E-state index in [1.54, 1.807) is 17.7 Å². The molecule has 0 saturated carbocycles. The second kappa shape index (κ2) is 7.11. The number of aromatic amines is 1. The number of H-pyrrole nitrogens is 1. The van der Waals surface area contributed by atoms with Crippen molar-refractivity contribution in [2.45, 2.75) is 26.2 Å². The first-order valence-electron chi connectivity index (χ1n) is 9.84. The predicted octanol–water partition coefficient (Wildman–Crippen LogP) is 3.89. The number of hydrogen-bond acceptors (Lipinski definition) is 6. The third-order valence-corrected chi connectivity index (χ3v) is 6.91. The summed E-state index contributed by atoms with van der Waals surface area (Å²) in [6, 6.07) is 6.08. The molecule has 0 spiro atoms. The van der Waals surface area contributed by atoms with E-state index in [1.165, 1.54) is 10.4 Å². The lowest BCUT2D eigenvalue weighted by molar-refractivity contribution is -0.134. The van der Waals surface area contributed by atoms with E-state index < -0.39 is 0 Å². The number of aromatic nitrogens is 4. The molecular formula is C21H22N6OS. The van der Waals surface area contributed by atoms with Gasteiger partial charge >= 0.3 is 0 Å². The first-order chi connectivity index (χ1) is 14.1. The second-order valence-corrected chi connectivity index (χ2v) is 8.58. The molecule has 7 nitrogen and oxygen atoms in total. The van der Waals surface area contributed by atoms with Crippen LogP contribution in [0.2, 0.25) is 0 Å². The van der Waals surface area contributed by atoms with Gasteiger partial charge in [-0.3, -0.25) is 9.89 Å². The Morgan fingerprint density at radius 1 is 1.38 bits per heavy atom. The van der Waals surface area contributed by atoms with Crippen LogP contribution >= 0.6 is 11.3 Å². The van der Waals surface area contributed by atoms with Crippen LogP contribution in [0.25, 0.3) is 21.1 Å². The fourth-order valence-corrected chi connectivity index (χ4v) is 5.31. The number of carbonyl (C=O) groups is 1. The summed E-state index contributed by atoms with van der Waals surface area (Å²) in [6.07, 6.45) is 5.97. The van der Waals surface area contributed by atoms with Crippen LogP contribution < -0.4 is 5.32 Å². The maximum atomic E-state index is 12.6. The van der Waals surface area contributed by atoms with Crippen molar-refractivity contribution in [3.8, 4) is 0 Å². The molecule has 0 saturated heterocycles. The molecule has 1 aromatic carbocycles. The fraction of sp³-hybridized carbons (Fsp3) is 0.333. The molecule has 3 aromatic heterocycles. The van der Waals surface area contributed by atoms with Crippen LogP contribution in [0.1, 0.15) is 23.8 Å². The molecule has 3 heterocycles. The summed E-state index contributed by atoms with van der Waals surface area (Å²) in [5, 5.41) is 12.7. The zero-order chi connectivity index (χ0) is 20.0. The van der Waals surface area contributed by atoms with Gasteiger partial charge in [0.2, 0.25) is 5.91 Å². The van der Waals surface area contributed by atoms with E-state index in [1.807, 2.05) is 37.2 Å². The number of anilines is 2. The number of aryl methyl sites for hydroxylation is 1. The Kier molecular flexibility index (Phi) is 4.43. The number of benzene rings is 1. The lowest BCUT2D eigenvalue weighted by atomic mass is 9.87. The van der Waals surface area contributed by atoms with Crippen molar-refractivity contribution in [1.29, 1.82) is 0 Å². The normalized spacial score (nSPS) is 16.1. The van der Waals surface area contributed by atoms with Crippen LogP contribution in [-0.2, 0) is 17.6 Å². The lowest BCUT2D eigenvalue weighted by Gasteiger charge is -2.26. The van der Waals surface area contributed by atoms with Gasteiger partial charge in [-0.1, -0.05) is 0 Å². The molecule has 0 fully saturated rings. The molecule has 148 valence electrons. The molecule has 8 heteroatoms. The summed E-state index contributed by atoms with van der Waals surface area (Å²) < 4.78 is 0. The smallest absolute Gasteiger partial charge is 0.225 e. The fourth-order valence-electron chi connectivity index (χ4n) is 4.04.